The molecule has 0 bridgehead atoms. The number of carbonyl (C=O) groups is 7. The summed E-state index contributed by atoms with van der Waals surface area (Å²) in [7, 11) is 8.45. The van der Waals surface area contributed by atoms with E-state index in [0.29, 0.717) is 25.8 Å². The molecule has 10 atom stereocenters. The number of hydrogen-bond acceptors (Lipinski definition) is 12. The SMILES string of the molecule is CC[C@H](C)[C@@H]([C@@H](CC(=O)N1CCC[C@H]1[C@H](OC)[C@@H](C)C(=O)N[C@@H](Cc1ccccc1)C(=O)NCCC(C)(C)OC(=O)[C@@H](NC(=O)OC(C)(C)C)C(C)C)OC)N(C)C(=O)[C@@H](NC(=O)[C@H](C(C)C)N(C)C)C(C)C. The molecule has 2 rings (SSSR count). The first-order valence-electron chi connectivity index (χ1n) is 26.3. The normalized spacial score (nSPS) is 18.0. The van der Waals surface area contributed by atoms with E-state index in [0.717, 1.165) is 5.56 Å². The molecule has 0 saturated carbocycles. The Morgan fingerprint density at radius 3 is 1.86 bits per heavy atom. The van der Waals surface area contributed by atoms with Gasteiger partial charge in [0.15, 0.2) is 0 Å². The van der Waals surface area contributed by atoms with Gasteiger partial charge in [-0.25, -0.2) is 9.59 Å². The van der Waals surface area contributed by atoms with Crippen LogP contribution in [0.1, 0.15) is 135 Å². The first-order chi connectivity index (χ1) is 33.9. The summed E-state index contributed by atoms with van der Waals surface area (Å²) >= 11 is 0. The van der Waals surface area contributed by atoms with E-state index >= 15 is 0 Å². The van der Waals surface area contributed by atoms with E-state index in [1.54, 1.807) is 72.2 Å². The van der Waals surface area contributed by atoms with E-state index in [2.05, 4.69) is 21.3 Å². The number of likely N-dealkylation sites (tertiary alicyclic amines) is 1. The maximum absolute atomic E-state index is 14.5. The van der Waals surface area contributed by atoms with Crippen LogP contribution in [-0.4, -0.2) is 164 Å². The van der Waals surface area contributed by atoms with Crippen molar-refractivity contribution < 1.29 is 52.5 Å². The van der Waals surface area contributed by atoms with Crippen molar-refractivity contribution in [2.45, 2.75) is 195 Å². The van der Waals surface area contributed by atoms with Crippen LogP contribution >= 0.6 is 0 Å². The van der Waals surface area contributed by atoms with Crippen molar-refractivity contribution >= 4 is 41.6 Å². The zero-order chi connectivity index (χ0) is 55.7. The van der Waals surface area contributed by atoms with Crippen LogP contribution in [0.15, 0.2) is 30.3 Å². The number of rotatable bonds is 28. The van der Waals surface area contributed by atoms with Crippen LogP contribution in [0.4, 0.5) is 4.79 Å². The lowest BCUT2D eigenvalue weighted by Gasteiger charge is -2.41. The summed E-state index contributed by atoms with van der Waals surface area (Å²) in [4.78, 5) is 102. The van der Waals surface area contributed by atoms with Gasteiger partial charge in [-0.2, -0.15) is 0 Å². The van der Waals surface area contributed by atoms with Gasteiger partial charge in [0.1, 0.15) is 29.3 Å². The highest BCUT2D eigenvalue weighted by atomic mass is 16.6. The number of carbonyl (C=O) groups excluding carboxylic acids is 7. The number of esters is 1. The minimum absolute atomic E-state index is 0.0135. The highest BCUT2D eigenvalue weighted by Crippen LogP contribution is 2.30. The zero-order valence-corrected chi connectivity index (χ0v) is 47.9. The summed E-state index contributed by atoms with van der Waals surface area (Å²) in [6, 6.07) is 5.14. The number of amides is 6. The van der Waals surface area contributed by atoms with E-state index in [-0.39, 0.29) is 67.2 Å². The summed E-state index contributed by atoms with van der Waals surface area (Å²) in [5.41, 5.74) is -0.975. The largest absolute Gasteiger partial charge is 0.458 e. The molecule has 18 nitrogen and oxygen atoms in total. The smallest absolute Gasteiger partial charge is 0.408 e. The maximum Gasteiger partial charge on any atom is 0.408 e. The second kappa shape index (κ2) is 29.3. The van der Waals surface area contributed by atoms with Crippen LogP contribution in [0, 0.1) is 29.6 Å². The zero-order valence-electron chi connectivity index (χ0n) is 47.9. The number of nitrogens with one attached hydrogen (secondary N) is 4. The molecule has 18 heteroatoms. The van der Waals surface area contributed by atoms with Gasteiger partial charge in [0.2, 0.25) is 29.5 Å². The van der Waals surface area contributed by atoms with E-state index < -0.39 is 89.5 Å². The Morgan fingerprint density at radius 2 is 1.36 bits per heavy atom. The molecule has 73 heavy (non-hydrogen) atoms. The van der Waals surface area contributed by atoms with Crippen LogP contribution in [0.3, 0.4) is 0 Å². The molecule has 416 valence electrons. The lowest BCUT2D eigenvalue weighted by atomic mass is 9.89. The maximum atomic E-state index is 14.5. The molecule has 0 aliphatic carbocycles. The molecule has 0 unspecified atom stereocenters. The second-order valence-corrected chi connectivity index (χ2v) is 22.8. The van der Waals surface area contributed by atoms with Gasteiger partial charge in [-0.3, -0.25) is 28.9 Å². The van der Waals surface area contributed by atoms with Gasteiger partial charge < -0.3 is 50.0 Å². The van der Waals surface area contributed by atoms with Crippen molar-refractivity contribution in [2.24, 2.45) is 29.6 Å². The molecule has 0 radical (unpaired) electrons. The Hall–Kier alpha value is -4.81. The topological polar surface area (TPSA) is 214 Å². The molecule has 6 amide bonds. The molecule has 1 aromatic rings. The van der Waals surface area contributed by atoms with Gasteiger partial charge in [0.25, 0.3) is 0 Å². The van der Waals surface area contributed by atoms with E-state index in [4.69, 9.17) is 18.9 Å². The average molecular weight is 1030 g/mol. The van der Waals surface area contributed by atoms with Crippen LogP contribution in [0.5, 0.6) is 0 Å². The monoisotopic (exact) mass is 1030 g/mol. The second-order valence-electron chi connectivity index (χ2n) is 22.8. The highest BCUT2D eigenvalue weighted by Gasteiger charge is 2.44. The van der Waals surface area contributed by atoms with E-state index in [9.17, 15) is 33.6 Å². The summed E-state index contributed by atoms with van der Waals surface area (Å²) in [5.74, 6) is -3.58. The minimum Gasteiger partial charge on any atom is -0.458 e. The first kappa shape index (κ1) is 64.3. The number of alkyl carbamates (subject to hydrolysis) is 1. The van der Waals surface area contributed by atoms with Gasteiger partial charge in [-0.15, -0.1) is 0 Å². The Bertz CT molecular complexity index is 1930. The predicted octanol–water partition coefficient (Wildman–Crippen LogP) is 5.74. The molecule has 4 N–H and O–H groups in total. The fraction of sp³-hybridized carbons (Fsp3) is 0.764. The van der Waals surface area contributed by atoms with E-state index in [1.165, 1.54) is 14.2 Å². The molecule has 1 fully saturated rings. The Balaban J connectivity index is 2.28. The standard InChI is InChI=1S/C55H95N7O11/c1-20-36(8)46(61(17)51(67)43(33(2)3)58-50(66)45(35(6)7)60(15)16)41(70-18)32-42(63)62-30-24-27-40(62)47(71-19)37(9)48(64)57-39(31-38-25-22-21-23-26-38)49(65)56-29-28-55(13,14)72-52(68)44(34(4)5)59-53(69)73-54(10,11)12/h21-23,25-26,33-37,39-41,43-47H,20,24,27-32H2,1-19H3,(H,56,65)(H,57,64)(H,58,66)(H,59,69)/t36-,37+,39-,40-,41+,43-,44-,45-,46-,47+/m0/s1. The molecular formula is C55H95N7O11. The van der Waals surface area contributed by atoms with Crippen molar-refractivity contribution in [3.05, 3.63) is 35.9 Å². The van der Waals surface area contributed by atoms with Crippen LogP contribution in [0.25, 0.3) is 0 Å². The lowest BCUT2D eigenvalue weighted by Crippen LogP contribution is -2.59. The third-order valence-electron chi connectivity index (χ3n) is 13.9. The van der Waals surface area contributed by atoms with Crippen molar-refractivity contribution in [2.75, 3.05) is 48.5 Å². The highest BCUT2D eigenvalue weighted by molar-refractivity contribution is 5.91. The van der Waals surface area contributed by atoms with Crippen molar-refractivity contribution in [3.63, 3.8) is 0 Å². The third-order valence-corrected chi connectivity index (χ3v) is 13.9. The fourth-order valence-electron chi connectivity index (χ4n) is 9.70. The molecule has 1 aromatic carbocycles. The van der Waals surface area contributed by atoms with Crippen LogP contribution in [0.2, 0.25) is 0 Å². The molecule has 1 aliphatic rings. The Labute approximate surface area is 437 Å². The van der Waals surface area contributed by atoms with Crippen molar-refractivity contribution in [3.8, 4) is 0 Å². The molecule has 0 aromatic heterocycles. The summed E-state index contributed by atoms with van der Waals surface area (Å²) < 4.78 is 23.3. The minimum atomic E-state index is -1.04. The quantitative estimate of drug-likeness (QED) is 0.0741. The molecule has 0 spiro atoms. The number of hydrogen-bond donors (Lipinski definition) is 4. The van der Waals surface area contributed by atoms with Crippen LogP contribution < -0.4 is 21.3 Å². The number of nitrogens with zero attached hydrogens (tertiary/aromatic N) is 3. The third kappa shape index (κ3) is 19.8. The lowest BCUT2D eigenvalue weighted by molar-refractivity contribution is -0.160. The van der Waals surface area contributed by atoms with Gasteiger partial charge in [-0.1, -0.05) is 99.1 Å². The van der Waals surface area contributed by atoms with Gasteiger partial charge >= 0.3 is 12.1 Å². The van der Waals surface area contributed by atoms with Gasteiger partial charge in [0.05, 0.1) is 42.7 Å². The number of ether oxygens (including phenoxy) is 4. The summed E-state index contributed by atoms with van der Waals surface area (Å²) in [6.45, 7) is 26.2. The molecule has 1 heterocycles. The number of methoxy groups -OCH3 is 2. The summed E-state index contributed by atoms with van der Waals surface area (Å²) in [6.07, 6.45) is 0.168. The summed E-state index contributed by atoms with van der Waals surface area (Å²) in [5, 5.41) is 11.6. The predicted molar refractivity (Wildman–Crippen MR) is 283 cm³/mol. The first-order valence-corrected chi connectivity index (χ1v) is 26.3. The molecule has 1 aliphatic heterocycles. The fourth-order valence-corrected chi connectivity index (χ4v) is 9.70. The number of likely N-dealkylation sites (N-methyl/N-ethyl adjacent to an activating group) is 2. The van der Waals surface area contributed by atoms with Gasteiger partial charge in [0, 0.05) is 47.2 Å². The molecule has 1 saturated heterocycles. The van der Waals surface area contributed by atoms with Crippen molar-refractivity contribution in [1.82, 2.24) is 36.0 Å². The number of benzene rings is 1. The Morgan fingerprint density at radius 1 is 0.753 bits per heavy atom. The Kier molecular flexibility index (Phi) is 25.8. The van der Waals surface area contributed by atoms with Crippen LogP contribution in [-0.2, 0) is 54.1 Å². The molecular weight excluding hydrogens is 935 g/mol. The average Bonchev–Trinajstić information content (AvgIpc) is 3.78. The van der Waals surface area contributed by atoms with E-state index in [1.807, 2.05) is 90.9 Å². The van der Waals surface area contributed by atoms with Crippen molar-refractivity contribution in [1.29, 1.82) is 0 Å². The van der Waals surface area contributed by atoms with Gasteiger partial charge in [-0.05, 0) is 90.8 Å².